The van der Waals surface area contributed by atoms with Gasteiger partial charge in [0.25, 0.3) is 10.0 Å². The molecule has 4 rings (SSSR count). The molecule has 2 heterocycles. The van der Waals surface area contributed by atoms with E-state index in [0.717, 1.165) is 16.1 Å². The van der Waals surface area contributed by atoms with Crippen LogP contribution < -0.4 is 9.52 Å². The molecule has 0 unspecified atom stereocenters. The summed E-state index contributed by atoms with van der Waals surface area (Å²) in [5.41, 5.74) is 4.01. The van der Waals surface area contributed by atoms with Crippen LogP contribution in [0.3, 0.4) is 0 Å². The number of nitrogens with zero attached hydrogens (tertiary/aromatic N) is 4. The smallest absolute Gasteiger partial charge is 0.264 e. The summed E-state index contributed by atoms with van der Waals surface area (Å²) in [6, 6.07) is 15.7. The summed E-state index contributed by atoms with van der Waals surface area (Å²) in [5.74, 6) is 0.0463. The highest BCUT2D eigenvalue weighted by molar-refractivity contribution is 7.92. The van der Waals surface area contributed by atoms with Gasteiger partial charge in [0.1, 0.15) is 0 Å². The molecule has 0 saturated carbocycles. The third-order valence-electron chi connectivity index (χ3n) is 4.83. The number of aromatic nitrogens is 3. The van der Waals surface area contributed by atoms with Gasteiger partial charge in [-0.3, -0.25) is 0 Å². The van der Waals surface area contributed by atoms with E-state index < -0.39 is 10.0 Å². The van der Waals surface area contributed by atoms with E-state index in [1.165, 1.54) is 23.5 Å². The first-order valence-electron chi connectivity index (χ1n) is 10.3. The number of benzene rings is 2. The van der Waals surface area contributed by atoms with Crippen LogP contribution in [0.2, 0.25) is 5.02 Å². The Morgan fingerprint density at radius 3 is 2.35 bits per heavy atom. The number of hydrogen-bond acceptors (Lipinski definition) is 6. The van der Waals surface area contributed by atoms with E-state index in [2.05, 4.69) is 21.3 Å². The van der Waals surface area contributed by atoms with Gasteiger partial charge in [-0.25, -0.2) is 28.1 Å². The van der Waals surface area contributed by atoms with Crippen molar-refractivity contribution in [1.29, 1.82) is 0 Å². The van der Waals surface area contributed by atoms with Gasteiger partial charge in [-0.15, -0.1) is 17.9 Å². The SMILES string of the molecule is C=CCn1c(-c2ccc(Cl)cc2)csc1=Nc1ccc(S(=O)(=O)Nc2nc(C)cc(C)n2)cc1. The molecule has 7 nitrogen and oxygen atoms in total. The lowest BCUT2D eigenvalue weighted by Crippen LogP contribution is -2.16. The molecule has 0 amide bonds. The minimum absolute atomic E-state index is 0.0463. The maximum Gasteiger partial charge on any atom is 0.264 e. The largest absolute Gasteiger partial charge is 0.313 e. The lowest BCUT2D eigenvalue weighted by Gasteiger charge is -2.08. The zero-order valence-corrected chi connectivity index (χ0v) is 21.0. The third kappa shape index (κ3) is 5.44. The molecule has 34 heavy (non-hydrogen) atoms. The summed E-state index contributed by atoms with van der Waals surface area (Å²) >= 11 is 7.52. The van der Waals surface area contributed by atoms with Gasteiger partial charge < -0.3 is 4.57 Å². The summed E-state index contributed by atoms with van der Waals surface area (Å²) in [6.45, 7) is 7.99. The van der Waals surface area contributed by atoms with Crippen LogP contribution in [0.5, 0.6) is 0 Å². The Hall–Kier alpha value is -3.27. The predicted octanol–water partition coefficient (Wildman–Crippen LogP) is 5.50. The van der Waals surface area contributed by atoms with Crippen molar-refractivity contribution in [2.45, 2.75) is 25.3 Å². The first-order valence-corrected chi connectivity index (χ1v) is 13.0. The molecular formula is C24H22ClN5O2S2. The van der Waals surface area contributed by atoms with Crippen LogP contribution in [-0.2, 0) is 16.6 Å². The predicted molar refractivity (Wildman–Crippen MR) is 137 cm³/mol. The topological polar surface area (TPSA) is 89.2 Å². The van der Waals surface area contributed by atoms with Gasteiger partial charge in [0.05, 0.1) is 16.3 Å². The van der Waals surface area contributed by atoms with Crippen LogP contribution in [0.1, 0.15) is 11.4 Å². The number of rotatable bonds is 7. The number of sulfonamides is 1. The van der Waals surface area contributed by atoms with Gasteiger partial charge in [0, 0.05) is 28.3 Å². The van der Waals surface area contributed by atoms with Crippen molar-refractivity contribution in [3.8, 4) is 11.3 Å². The number of nitrogens with one attached hydrogen (secondary N) is 1. The highest BCUT2D eigenvalue weighted by Crippen LogP contribution is 2.23. The van der Waals surface area contributed by atoms with E-state index in [9.17, 15) is 8.42 Å². The van der Waals surface area contributed by atoms with Crippen LogP contribution in [0.4, 0.5) is 11.6 Å². The molecule has 0 aliphatic heterocycles. The quantitative estimate of drug-likeness (QED) is 0.332. The van der Waals surface area contributed by atoms with E-state index in [1.54, 1.807) is 32.0 Å². The number of anilines is 1. The fourth-order valence-corrected chi connectivity index (χ4v) is 5.35. The Bertz CT molecular complexity index is 1490. The number of halogens is 1. The van der Waals surface area contributed by atoms with Crippen LogP contribution in [-0.4, -0.2) is 23.0 Å². The minimum atomic E-state index is -3.83. The van der Waals surface area contributed by atoms with E-state index in [0.29, 0.717) is 28.6 Å². The van der Waals surface area contributed by atoms with Crippen LogP contribution >= 0.6 is 22.9 Å². The van der Waals surface area contributed by atoms with E-state index >= 15 is 0 Å². The standard InChI is InChI=1S/C24H22ClN5O2S2/c1-4-13-30-22(18-5-7-19(25)8-6-18)15-33-24(30)28-20-9-11-21(12-10-20)34(31,32)29-23-26-16(2)14-17(3)27-23/h4-12,14-15H,1,13H2,2-3H3,(H,26,27,29). The fraction of sp³-hybridized carbons (Fsp3) is 0.125. The average molecular weight is 512 g/mol. The van der Waals surface area contributed by atoms with Crippen molar-refractivity contribution in [3.63, 3.8) is 0 Å². The van der Waals surface area contributed by atoms with Crippen molar-refractivity contribution in [2.24, 2.45) is 4.99 Å². The Morgan fingerprint density at radius 1 is 1.09 bits per heavy atom. The molecule has 10 heteroatoms. The zero-order valence-electron chi connectivity index (χ0n) is 18.6. The van der Waals surface area contributed by atoms with Crippen molar-refractivity contribution in [2.75, 3.05) is 4.72 Å². The lowest BCUT2D eigenvalue weighted by molar-refractivity contribution is 0.601. The van der Waals surface area contributed by atoms with E-state index in [4.69, 9.17) is 16.6 Å². The van der Waals surface area contributed by atoms with Gasteiger partial charge in [-0.05, 0) is 61.9 Å². The van der Waals surface area contributed by atoms with Gasteiger partial charge in [0.2, 0.25) is 5.95 Å². The molecule has 2 aromatic carbocycles. The Morgan fingerprint density at radius 2 is 1.74 bits per heavy atom. The molecule has 0 radical (unpaired) electrons. The van der Waals surface area contributed by atoms with Crippen molar-refractivity contribution < 1.29 is 8.42 Å². The van der Waals surface area contributed by atoms with Crippen molar-refractivity contribution in [1.82, 2.24) is 14.5 Å². The van der Waals surface area contributed by atoms with Crippen LogP contribution in [0, 0.1) is 13.8 Å². The second kappa shape index (κ2) is 9.92. The third-order valence-corrected chi connectivity index (χ3v) is 7.29. The molecule has 0 spiro atoms. The van der Waals surface area contributed by atoms with Gasteiger partial charge >= 0.3 is 0 Å². The van der Waals surface area contributed by atoms with E-state index in [1.807, 2.05) is 40.3 Å². The number of hydrogen-bond donors (Lipinski definition) is 1. The van der Waals surface area contributed by atoms with E-state index in [-0.39, 0.29) is 10.8 Å². The first-order chi connectivity index (χ1) is 16.2. The second-order valence-electron chi connectivity index (χ2n) is 7.50. The summed E-state index contributed by atoms with van der Waals surface area (Å²) in [7, 11) is -3.83. The Kier molecular flexibility index (Phi) is 6.97. The molecule has 1 N–H and O–H groups in total. The van der Waals surface area contributed by atoms with Crippen molar-refractivity contribution in [3.05, 3.63) is 93.8 Å². The molecule has 0 fully saturated rings. The average Bonchev–Trinajstić information content (AvgIpc) is 3.16. The molecule has 0 atom stereocenters. The van der Waals surface area contributed by atoms with Crippen molar-refractivity contribution >= 4 is 44.6 Å². The molecule has 0 aliphatic rings. The minimum Gasteiger partial charge on any atom is -0.313 e. The Balaban J connectivity index is 1.63. The highest BCUT2D eigenvalue weighted by atomic mass is 35.5. The summed E-state index contributed by atoms with van der Waals surface area (Å²) < 4.78 is 30.0. The van der Waals surface area contributed by atoms with Crippen LogP contribution in [0.15, 0.2) is 82.5 Å². The molecule has 0 aliphatic carbocycles. The highest BCUT2D eigenvalue weighted by Gasteiger charge is 2.16. The Labute approximate surface area is 207 Å². The number of thiazole rings is 1. The van der Waals surface area contributed by atoms with Gasteiger partial charge in [0.15, 0.2) is 4.80 Å². The second-order valence-corrected chi connectivity index (χ2v) is 10.5. The molecule has 174 valence electrons. The molecule has 0 bridgehead atoms. The maximum absolute atomic E-state index is 12.8. The molecular weight excluding hydrogens is 490 g/mol. The number of aryl methyl sites for hydroxylation is 2. The molecule has 2 aromatic heterocycles. The molecule has 0 saturated heterocycles. The summed E-state index contributed by atoms with van der Waals surface area (Å²) in [4.78, 5) is 13.9. The van der Waals surface area contributed by atoms with Crippen LogP contribution in [0.25, 0.3) is 11.3 Å². The lowest BCUT2D eigenvalue weighted by atomic mass is 10.2. The first kappa shape index (κ1) is 23.9. The zero-order chi connectivity index (χ0) is 24.3. The molecule has 4 aromatic rings. The monoisotopic (exact) mass is 511 g/mol. The summed E-state index contributed by atoms with van der Waals surface area (Å²) in [5, 5.41) is 2.70. The van der Waals surface area contributed by atoms with Gasteiger partial charge in [-0.2, -0.15) is 0 Å². The van der Waals surface area contributed by atoms with Gasteiger partial charge in [-0.1, -0.05) is 29.8 Å². The fourth-order valence-electron chi connectivity index (χ4n) is 3.34. The summed E-state index contributed by atoms with van der Waals surface area (Å²) in [6.07, 6.45) is 1.81. The maximum atomic E-state index is 12.8. The number of allylic oxidation sites excluding steroid dienone is 1. The normalized spacial score (nSPS) is 12.0.